The van der Waals surface area contributed by atoms with Crippen molar-refractivity contribution < 1.29 is 4.74 Å². The van der Waals surface area contributed by atoms with Crippen LogP contribution in [0.5, 0.6) is 11.5 Å². The van der Waals surface area contributed by atoms with Crippen LogP contribution in [0.15, 0.2) is 30.6 Å². The first kappa shape index (κ1) is 15.8. The lowest BCUT2D eigenvalue weighted by molar-refractivity contribution is 0.126. The van der Waals surface area contributed by atoms with E-state index < -0.39 is 0 Å². The van der Waals surface area contributed by atoms with Gasteiger partial charge in [-0.25, -0.2) is 0 Å². The molecule has 1 aliphatic rings. The highest BCUT2D eigenvalue weighted by Crippen LogP contribution is 2.25. The molecule has 1 saturated heterocycles. The second-order valence-corrected chi connectivity index (χ2v) is 6.05. The van der Waals surface area contributed by atoms with Crippen LogP contribution >= 0.6 is 11.6 Å². The summed E-state index contributed by atoms with van der Waals surface area (Å²) in [5, 5.41) is 17.2. The Morgan fingerprint density at radius 3 is 3.09 bits per heavy atom. The number of piperazine rings is 1. The summed E-state index contributed by atoms with van der Waals surface area (Å²) in [6.07, 6.45) is 3.52. The summed E-state index contributed by atoms with van der Waals surface area (Å²) in [6, 6.07) is 7.47. The maximum absolute atomic E-state index is 8.97. The van der Waals surface area contributed by atoms with Crippen LogP contribution in [-0.4, -0.2) is 40.4 Å². The first-order chi connectivity index (χ1) is 11.1. The molecule has 1 unspecified atom stereocenters. The van der Waals surface area contributed by atoms with E-state index in [0.29, 0.717) is 28.1 Å². The Bertz CT molecular complexity index is 724. The fourth-order valence-electron chi connectivity index (χ4n) is 2.58. The van der Waals surface area contributed by atoms with Crippen molar-refractivity contribution in [2.45, 2.75) is 19.6 Å². The van der Waals surface area contributed by atoms with Gasteiger partial charge in [-0.2, -0.15) is 10.4 Å². The van der Waals surface area contributed by atoms with Gasteiger partial charge in [0.05, 0.1) is 30.7 Å². The minimum Gasteiger partial charge on any atom is -0.454 e. The summed E-state index contributed by atoms with van der Waals surface area (Å²) in [5.74, 6) is 1.16. The van der Waals surface area contributed by atoms with Crippen molar-refractivity contribution in [3.05, 3.63) is 41.2 Å². The highest BCUT2D eigenvalue weighted by atomic mass is 35.5. The largest absolute Gasteiger partial charge is 0.454 e. The fourth-order valence-corrected chi connectivity index (χ4v) is 2.80. The molecule has 6 nitrogen and oxygen atoms in total. The van der Waals surface area contributed by atoms with Crippen molar-refractivity contribution in [1.82, 2.24) is 20.0 Å². The third kappa shape index (κ3) is 4.02. The number of halogens is 1. The summed E-state index contributed by atoms with van der Waals surface area (Å²) >= 11 is 5.98. The number of aromatic nitrogens is 2. The molecule has 1 aliphatic heterocycles. The van der Waals surface area contributed by atoms with E-state index >= 15 is 0 Å². The van der Waals surface area contributed by atoms with E-state index in [1.807, 2.05) is 10.9 Å². The third-order valence-corrected chi connectivity index (χ3v) is 4.03. The van der Waals surface area contributed by atoms with Gasteiger partial charge in [0.2, 0.25) is 0 Å². The third-order valence-electron chi connectivity index (χ3n) is 3.81. The zero-order valence-corrected chi connectivity index (χ0v) is 13.6. The normalized spacial score (nSPS) is 18.6. The van der Waals surface area contributed by atoms with Gasteiger partial charge in [-0.15, -0.1) is 0 Å². The SMILES string of the molecule is CC1CNCCN1Cn1cc(Oc2cc(Cl)cc(C#N)c2)cn1. The number of nitrogens with one attached hydrogen (secondary N) is 1. The lowest BCUT2D eigenvalue weighted by atomic mass is 10.2. The lowest BCUT2D eigenvalue weighted by Gasteiger charge is -2.33. The molecular weight excluding hydrogens is 314 g/mol. The van der Waals surface area contributed by atoms with Crippen LogP contribution in [0.1, 0.15) is 12.5 Å². The summed E-state index contributed by atoms with van der Waals surface area (Å²) in [7, 11) is 0. The maximum Gasteiger partial charge on any atom is 0.165 e. The van der Waals surface area contributed by atoms with E-state index in [2.05, 4.69) is 28.3 Å². The van der Waals surface area contributed by atoms with E-state index in [1.54, 1.807) is 24.4 Å². The Morgan fingerprint density at radius 1 is 1.43 bits per heavy atom. The second kappa shape index (κ2) is 7.01. The van der Waals surface area contributed by atoms with Crippen LogP contribution in [0.25, 0.3) is 0 Å². The molecule has 2 aromatic rings. The van der Waals surface area contributed by atoms with Gasteiger partial charge in [0.1, 0.15) is 5.75 Å². The zero-order valence-electron chi connectivity index (χ0n) is 12.9. The van der Waals surface area contributed by atoms with Gasteiger partial charge in [-0.05, 0) is 25.1 Å². The Kier molecular flexibility index (Phi) is 4.82. The smallest absolute Gasteiger partial charge is 0.165 e. The summed E-state index contributed by atoms with van der Waals surface area (Å²) in [5.41, 5.74) is 0.467. The van der Waals surface area contributed by atoms with Gasteiger partial charge in [-0.1, -0.05) is 11.6 Å². The molecule has 0 bridgehead atoms. The van der Waals surface area contributed by atoms with E-state index in [9.17, 15) is 0 Å². The summed E-state index contributed by atoms with van der Waals surface area (Å²) in [4.78, 5) is 2.36. The molecule has 0 radical (unpaired) electrons. The number of rotatable bonds is 4. The lowest BCUT2D eigenvalue weighted by Crippen LogP contribution is -2.50. The van der Waals surface area contributed by atoms with Crippen molar-refractivity contribution in [3.8, 4) is 17.6 Å². The van der Waals surface area contributed by atoms with E-state index in [-0.39, 0.29) is 0 Å². The van der Waals surface area contributed by atoms with E-state index in [1.165, 1.54) is 0 Å². The second-order valence-electron chi connectivity index (χ2n) is 5.61. The molecule has 7 heteroatoms. The van der Waals surface area contributed by atoms with Gasteiger partial charge >= 0.3 is 0 Å². The minimum absolute atomic E-state index is 0.467. The molecule has 3 rings (SSSR count). The first-order valence-electron chi connectivity index (χ1n) is 7.50. The molecule has 1 N–H and O–H groups in total. The number of nitrogens with zero attached hydrogens (tertiary/aromatic N) is 4. The van der Waals surface area contributed by atoms with Crippen LogP contribution < -0.4 is 10.1 Å². The van der Waals surface area contributed by atoms with Crippen molar-refractivity contribution in [2.75, 3.05) is 19.6 Å². The average molecular weight is 332 g/mol. The number of nitriles is 1. The van der Waals surface area contributed by atoms with E-state index in [0.717, 1.165) is 26.3 Å². The number of hydrogen-bond donors (Lipinski definition) is 1. The Hall–Kier alpha value is -2.07. The molecule has 23 heavy (non-hydrogen) atoms. The Labute approximate surface area is 140 Å². The number of benzene rings is 1. The monoisotopic (exact) mass is 331 g/mol. The average Bonchev–Trinajstić information content (AvgIpc) is 2.96. The van der Waals surface area contributed by atoms with Crippen LogP contribution in [0.2, 0.25) is 5.02 Å². The standard InChI is InChI=1S/C16H18ClN5O/c1-12-8-19-2-3-21(12)11-22-10-16(9-20-22)23-15-5-13(7-18)4-14(17)6-15/h4-6,9-10,12,19H,2-3,8,11H2,1H3. The van der Waals surface area contributed by atoms with Crippen molar-refractivity contribution in [3.63, 3.8) is 0 Å². The summed E-state index contributed by atoms with van der Waals surface area (Å²) < 4.78 is 7.60. The van der Waals surface area contributed by atoms with Crippen molar-refractivity contribution in [2.24, 2.45) is 0 Å². The maximum atomic E-state index is 8.97. The fraction of sp³-hybridized carbons (Fsp3) is 0.375. The first-order valence-corrected chi connectivity index (χ1v) is 7.87. The van der Waals surface area contributed by atoms with Crippen LogP contribution in [0, 0.1) is 11.3 Å². The molecule has 1 fully saturated rings. The molecule has 0 saturated carbocycles. The van der Waals surface area contributed by atoms with Gasteiger partial charge in [0, 0.05) is 30.7 Å². The Morgan fingerprint density at radius 2 is 2.30 bits per heavy atom. The van der Waals surface area contributed by atoms with Gasteiger partial charge < -0.3 is 10.1 Å². The van der Waals surface area contributed by atoms with E-state index in [4.69, 9.17) is 21.6 Å². The molecule has 0 amide bonds. The number of hydrogen-bond acceptors (Lipinski definition) is 5. The predicted molar refractivity (Wildman–Crippen MR) is 87.5 cm³/mol. The van der Waals surface area contributed by atoms with Crippen LogP contribution in [-0.2, 0) is 6.67 Å². The van der Waals surface area contributed by atoms with Crippen LogP contribution in [0.3, 0.4) is 0 Å². The molecule has 120 valence electrons. The minimum atomic E-state index is 0.467. The highest BCUT2D eigenvalue weighted by Gasteiger charge is 2.18. The molecular formula is C16H18ClN5O. The quantitative estimate of drug-likeness (QED) is 0.932. The molecule has 1 atom stereocenters. The molecule has 1 aromatic carbocycles. The van der Waals surface area contributed by atoms with Gasteiger partial charge in [-0.3, -0.25) is 9.58 Å². The molecule has 0 spiro atoms. The van der Waals surface area contributed by atoms with Crippen molar-refractivity contribution in [1.29, 1.82) is 5.26 Å². The predicted octanol–water partition coefficient (Wildman–Crippen LogP) is 2.45. The van der Waals surface area contributed by atoms with Crippen LogP contribution in [0.4, 0.5) is 0 Å². The Balaban J connectivity index is 1.67. The molecule has 1 aromatic heterocycles. The van der Waals surface area contributed by atoms with Gasteiger partial charge in [0.25, 0.3) is 0 Å². The molecule has 2 heterocycles. The summed E-state index contributed by atoms with van der Waals surface area (Å²) in [6.45, 7) is 5.91. The number of ether oxygens (including phenoxy) is 1. The topological polar surface area (TPSA) is 66.1 Å². The zero-order chi connectivity index (χ0) is 16.2. The highest BCUT2D eigenvalue weighted by molar-refractivity contribution is 6.30. The van der Waals surface area contributed by atoms with Crippen molar-refractivity contribution >= 4 is 11.6 Å². The van der Waals surface area contributed by atoms with Gasteiger partial charge in [0.15, 0.2) is 5.75 Å². The molecule has 0 aliphatic carbocycles.